The first kappa shape index (κ1) is 19.2. The number of hydrogen-bond acceptors (Lipinski definition) is 1. The molecule has 0 aromatic heterocycles. The maximum absolute atomic E-state index is 6.70. The van der Waals surface area contributed by atoms with Gasteiger partial charge in [-0.1, -0.05) is 74.4 Å². The highest BCUT2D eigenvalue weighted by molar-refractivity contribution is 7.82. The summed E-state index contributed by atoms with van der Waals surface area (Å²) >= 11 is 0. The Balaban J connectivity index is 2.61. The highest BCUT2D eigenvalue weighted by atomic mass is 31.2. The third kappa shape index (κ3) is 3.77. The van der Waals surface area contributed by atoms with Crippen molar-refractivity contribution >= 4 is 21.1 Å². The third-order valence-corrected chi connectivity index (χ3v) is 12.2. The van der Waals surface area contributed by atoms with E-state index in [1.807, 2.05) is 0 Å². The molecule has 0 aliphatic carbocycles. The summed E-state index contributed by atoms with van der Waals surface area (Å²) in [5, 5.41) is 2.33. The topological polar surface area (TPSA) is 9.23 Å². The Morgan fingerprint density at radius 2 is 1.43 bits per heavy atom. The maximum atomic E-state index is 6.70. The van der Waals surface area contributed by atoms with Crippen LogP contribution in [-0.4, -0.2) is 21.1 Å². The molecular formula is C20H34OP2. The fraction of sp³-hybridized carbons (Fsp3) is 0.700. The van der Waals surface area contributed by atoms with E-state index in [1.54, 1.807) is 0 Å². The van der Waals surface area contributed by atoms with Crippen LogP contribution >= 0.6 is 15.8 Å². The molecule has 0 amide bonds. The quantitative estimate of drug-likeness (QED) is 0.514. The van der Waals surface area contributed by atoms with Gasteiger partial charge >= 0.3 is 0 Å². The van der Waals surface area contributed by atoms with Gasteiger partial charge in [-0.05, 0) is 49.9 Å². The molecule has 0 spiro atoms. The minimum absolute atomic E-state index is 0.258. The van der Waals surface area contributed by atoms with Crippen molar-refractivity contribution in [2.45, 2.75) is 90.3 Å². The van der Waals surface area contributed by atoms with Crippen molar-refractivity contribution < 1.29 is 4.74 Å². The summed E-state index contributed by atoms with van der Waals surface area (Å²) in [6.07, 6.45) is 0. The molecule has 0 bridgehead atoms. The molecule has 1 nitrogen and oxygen atoms in total. The number of hydrogen-bond donors (Lipinski definition) is 0. The van der Waals surface area contributed by atoms with E-state index in [2.05, 4.69) is 87.4 Å². The number of fused-ring (bicyclic) bond motifs is 1. The van der Waals surface area contributed by atoms with Gasteiger partial charge in [-0.2, -0.15) is 0 Å². The summed E-state index contributed by atoms with van der Waals surface area (Å²) in [4.78, 5) is 0. The van der Waals surface area contributed by atoms with Crippen molar-refractivity contribution in [2.24, 2.45) is 0 Å². The first-order valence-electron chi connectivity index (χ1n) is 8.59. The lowest BCUT2D eigenvalue weighted by atomic mass is 10.2. The number of benzene rings is 1. The normalized spacial score (nSPS) is 22.2. The zero-order chi connectivity index (χ0) is 17.8. The molecule has 1 aliphatic rings. The van der Waals surface area contributed by atoms with Crippen molar-refractivity contribution in [1.82, 2.24) is 0 Å². The number of aryl methyl sites for hydroxylation is 1. The van der Waals surface area contributed by atoms with Crippen molar-refractivity contribution in [3.8, 4) is 5.75 Å². The molecule has 3 heteroatoms. The molecule has 130 valence electrons. The van der Waals surface area contributed by atoms with Gasteiger partial charge in [0, 0.05) is 5.30 Å². The molecule has 23 heavy (non-hydrogen) atoms. The lowest BCUT2D eigenvalue weighted by Crippen LogP contribution is -2.35. The Bertz CT molecular complexity index is 559. The number of ether oxygens (including phenoxy) is 1. The molecule has 0 saturated heterocycles. The van der Waals surface area contributed by atoms with Crippen molar-refractivity contribution in [1.29, 1.82) is 0 Å². The Hall–Kier alpha value is -0.120. The van der Waals surface area contributed by atoms with Gasteiger partial charge in [-0.15, -0.1) is 0 Å². The highest BCUT2D eigenvalue weighted by Gasteiger charge is 2.51. The zero-order valence-electron chi connectivity index (χ0n) is 16.6. The average molecular weight is 352 g/mol. The van der Waals surface area contributed by atoms with E-state index in [0.29, 0.717) is 5.59 Å². The smallest absolute Gasteiger partial charge is 0.140 e. The third-order valence-electron chi connectivity index (χ3n) is 4.28. The lowest BCUT2D eigenvalue weighted by molar-refractivity contribution is 0.359. The van der Waals surface area contributed by atoms with E-state index in [9.17, 15) is 0 Å². The van der Waals surface area contributed by atoms with Gasteiger partial charge in [-0.25, -0.2) is 0 Å². The van der Waals surface area contributed by atoms with Crippen LogP contribution in [0.1, 0.15) is 67.9 Å². The molecule has 1 heterocycles. The fourth-order valence-corrected chi connectivity index (χ4v) is 14.4. The monoisotopic (exact) mass is 352 g/mol. The predicted molar refractivity (Wildman–Crippen MR) is 108 cm³/mol. The molecule has 2 atom stereocenters. The lowest BCUT2D eigenvalue weighted by Gasteiger charge is -2.48. The molecule has 1 unspecified atom stereocenters. The Labute approximate surface area is 146 Å². The van der Waals surface area contributed by atoms with Crippen LogP contribution < -0.4 is 10.0 Å². The van der Waals surface area contributed by atoms with Crippen LogP contribution in [0.15, 0.2) is 18.2 Å². The predicted octanol–water partition coefficient (Wildman–Crippen LogP) is 6.66. The Kier molecular flexibility index (Phi) is 5.01. The fourth-order valence-electron chi connectivity index (χ4n) is 3.82. The van der Waals surface area contributed by atoms with Crippen molar-refractivity contribution in [2.75, 3.05) is 0 Å². The van der Waals surface area contributed by atoms with E-state index >= 15 is 0 Å². The standard InChI is InChI=1S/C20H34OP2/c1-14-12-11-13-15-16(14)22(18(2,3)4)17(21-15)23(19(5,6)7)20(8,9)10/h11-13,17H,1-10H3/t17-,22?/m1/s1. The number of rotatable bonds is 1. The minimum Gasteiger partial charge on any atom is -0.481 e. The summed E-state index contributed by atoms with van der Waals surface area (Å²) in [5.74, 6) is 1.15. The van der Waals surface area contributed by atoms with Crippen LogP contribution in [0.4, 0.5) is 0 Å². The molecule has 1 aromatic carbocycles. The summed E-state index contributed by atoms with van der Waals surface area (Å²) < 4.78 is 6.70. The molecule has 2 rings (SSSR count). The zero-order valence-corrected chi connectivity index (χ0v) is 18.4. The first-order chi connectivity index (χ1) is 10.2. The second-order valence-corrected chi connectivity index (χ2v) is 16.9. The van der Waals surface area contributed by atoms with Gasteiger partial charge in [0.15, 0.2) is 0 Å². The van der Waals surface area contributed by atoms with Gasteiger partial charge in [-0.3, -0.25) is 0 Å². The molecule has 0 radical (unpaired) electrons. The summed E-state index contributed by atoms with van der Waals surface area (Å²) in [5.41, 5.74) is 1.76. The average Bonchev–Trinajstić information content (AvgIpc) is 2.64. The highest BCUT2D eigenvalue weighted by Crippen LogP contribution is 2.75. The van der Waals surface area contributed by atoms with Crippen LogP contribution in [0.5, 0.6) is 5.75 Å². The van der Waals surface area contributed by atoms with Crippen LogP contribution in [0.3, 0.4) is 0 Å². The van der Waals surface area contributed by atoms with Crippen LogP contribution in [0.2, 0.25) is 0 Å². The Morgan fingerprint density at radius 3 is 1.87 bits per heavy atom. The second kappa shape index (κ2) is 6.00. The van der Waals surface area contributed by atoms with Crippen LogP contribution in [0, 0.1) is 6.92 Å². The van der Waals surface area contributed by atoms with E-state index in [4.69, 9.17) is 4.74 Å². The molecule has 1 aliphatic heterocycles. The van der Waals surface area contributed by atoms with Gasteiger partial charge in [0.2, 0.25) is 0 Å². The molecular weight excluding hydrogens is 318 g/mol. The Morgan fingerprint density at radius 1 is 0.913 bits per heavy atom. The van der Waals surface area contributed by atoms with Crippen molar-refractivity contribution in [3.05, 3.63) is 23.8 Å². The maximum Gasteiger partial charge on any atom is 0.140 e. The van der Waals surface area contributed by atoms with E-state index in [0.717, 1.165) is 5.75 Å². The van der Waals surface area contributed by atoms with E-state index in [-0.39, 0.29) is 31.3 Å². The summed E-state index contributed by atoms with van der Waals surface area (Å²) in [6, 6.07) is 6.58. The first-order valence-corrected chi connectivity index (χ1v) is 11.4. The summed E-state index contributed by atoms with van der Waals surface area (Å²) in [7, 11) is -0.647. The van der Waals surface area contributed by atoms with Crippen molar-refractivity contribution in [3.63, 3.8) is 0 Å². The van der Waals surface area contributed by atoms with Crippen LogP contribution in [0.25, 0.3) is 0 Å². The molecule has 0 N–H and O–H groups in total. The minimum atomic E-state index is -0.348. The van der Waals surface area contributed by atoms with Gasteiger partial charge in [0.25, 0.3) is 0 Å². The molecule has 0 fully saturated rings. The SMILES string of the molecule is Cc1cccc2c1P(C(C)(C)C)[C@H](P(C(C)(C)C)C(C)(C)C)O2. The van der Waals surface area contributed by atoms with E-state index < -0.39 is 0 Å². The van der Waals surface area contributed by atoms with Gasteiger partial charge in [0.1, 0.15) is 11.3 Å². The molecule has 1 aromatic rings. The van der Waals surface area contributed by atoms with E-state index in [1.165, 1.54) is 10.9 Å². The largest absolute Gasteiger partial charge is 0.481 e. The molecule has 0 saturated carbocycles. The van der Waals surface area contributed by atoms with Gasteiger partial charge < -0.3 is 4.74 Å². The van der Waals surface area contributed by atoms with Gasteiger partial charge in [0.05, 0.1) is 0 Å². The second-order valence-electron chi connectivity index (χ2n) is 9.62. The van der Waals surface area contributed by atoms with Crippen LogP contribution in [-0.2, 0) is 0 Å². The summed E-state index contributed by atoms with van der Waals surface area (Å²) in [6.45, 7) is 23.9.